The second-order valence-corrected chi connectivity index (χ2v) is 6.09. The molecule has 1 aromatic carbocycles. The lowest BCUT2D eigenvalue weighted by Gasteiger charge is -2.32. The van der Waals surface area contributed by atoms with Gasteiger partial charge in [-0.3, -0.25) is 4.79 Å². The molecule has 25 heavy (non-hydrogen) atoms. The van der Waals surface area contributed by atoms with E-state index < -0.39 is 0 Å². The number of ether oxygens (including phenoxy) is 2. The van der Waals surface area contributed by atoms with Crippen LogP contribution in [0, 0.1) is 0 Å². The maximum absolute atomic E-state index is 12.3. The van der Waals surface area contributed by atoms with Gasteiger partial charge in [0.25, 0.3) is 5.91 Å². The number of hydrogen-bond donors (Lipinski definition) is 1. The predicted molar refractivity (Wildman–Crippen MR) is 92.3 cm³/mol. The van der Waals surface area contributed by atoms with Gasteiger partial charge in [-0.1, -0.05) is 0 Å². The second kappa shape index (κ2) is 6.56. The Morgan fingerprint density at radius 2 is 1.84 bits per heavy atom. The SMILES string of the molecule is CN1CCN(c2ccc(NC(=O)c3ccc4c(c3)OCO4)nn2)CC1. The van der Waals surface area contributed by atoms with E-state index in [4.69, 9.17) is 9.47 Å². The summed E-state index contributed by atoms with van der Waals surface area (Å²) in [6, 6.07) is 8.72. The normalized spacial score (nSPS) is 16.8. The van der Waals surface area contributed by atoms with Gasteiger partial charge in [-0.05, 0) is 37.4 Å². The van der Waals surface area contributed by atoms with Crippen molar-refractivity contribution in [2.75, 3.05) is 50.2 Å². The van der Waals surface area contributed by atoms with E-state index in [1.54, 1.807) is 24.3 Å². The van der Waals surface area contributed by atoms with Crippen LogP contribution in [-0.4, -0.2) is 61.0 Å². The summed E-state index contributed by atoms with van der Waals surface area (Å²) in [5.74, 6) is 2.20. The number of hydrogen-bond acceptors (Lipinski definition) is 7. The van der Waals surface area contributed by atoms with Crippen LogP contribution >= 0.6 is 0 Å². The van der Waals surface area contributed by atoms with Crippen LogP contribution in [0.15, 0.2) is 30.3 Å². The van der Waals surface area contributed by atoms with Crippen molar-refractivity contribution in [1.29, 1.82) is 0 Å². The molecule has 1 aromatic heterocycles. The fourth-order valence-corrected chi connectivity index (χ4v) is 2.82. The summed E-state index contributed by atoms with van der Waals surface area (Å²) >= 11 is 0. The molecule has 1 N–H and O–H groups in total. The summed E-state index contributed by atoms with van der Waals surface area (Å²) in [7, 11) is 2.11. The first kappa shape index (κ1) is 15.6. The van der Waals surface area contributed by atoms with Gasteiger partial charge in [0.2, 0.25) is 6.79 Å². The highest BCUT2D eigenvalue weighted by molar-refractivity contribution is 6.04. The van der Waals surface area contributed by atoms with Gasteiger partial charge >= 0.3 is 0 Å². The van der Waals surface area contributed by atoms with Crippen LogP contribution in [0.3, 0.4) is 0 Å². The van der Waals surface area contributed by atoms with Crippen LogP contribution in [0.25, 0.3) is 0 Å². The number of carbonyl (C=O) groups excluding carboxylic acids is 1. The summed E-state index contributed by atoms with van der Waals surface area (Å²) in [6.45, 7) is 4.04. The molecule has 3 heterocycles. The maximum Gasteiger partial charge on any atom is 0.257 e. The van der Waals surface area contributed by atoms with Crippen LogP contribution in [0.2, 0.25) is 0 Å². The lowest BCUT2D eigenvalue weighted by Crippen LogP contribution is -2.44. The predicted octanol–water partition coefficient (Wildman–Crippen LogP) is 1.21. The number of amides is 1. The fourth-order valence-electron chi connectivity index (χ4n) is 2.82. The van der Waals surface area contributed by atoms with Crippen molar-refractivity contribution in [2.45, 2.75) is 0 Å². The van der Waals surface area contributed by atoms with Crippen LogP contribution in [0.4, 0.5) is 11.6 Å². The van der Waals surface area contributed by atoms with Gasteiger partial charge in [-0.2, -0.15) is 0 Å². The molecular weight excluding hydrogens is 322 g/mol. The molecule has 8 heteroatoms. The van der Waals surface area contributed by atoms with Gasteiger partial charge in [0.05, 0.1) is 0 Å². The topological polar surface area (TPSA) is 79.8 Å². The van der Waals surface area contributed by atoms with Crippen LogP contribution < -0.4 is 19.7 Å². The molecule has 4 rings (SSSR count). The molecule has 0 atom stereocenters. The first-order valence-corrected chi connectivity index (χ1v) is 8.17. The quantitative estimate of drug-likeness (QED) is 0.899. The van der Waals surface area contributed by atoms with Crippen LogP contribution in [0.1, 0.15) is 10.4 Å². The number of nitrogens with zero attached hydrogens (tertiary/aromatic N) is 4. The highest BCUT2D eigenvalue weighted by Gasteiger charge is 2.18. The minimum absolute atomic E-state index is 0.180. The Bertz CT molecular complexity index is 772. The number of aromatic nitrogens is 2. The molecule has 1 fully saturated rings. The Kier molecular flexibility index (Phi) is 4.10. The third kappa shape index (κ3) is 3.34. The molecular formula is C17H19N5O3. The zero-order valence-electron chi connectivity index (χ0n) is 13.9. The molecule has 0 radical (unpaired) electrons. The number of rotatable bonds is 3. The lowest BCUT2D eigenvalue weighted by molar-refractivity contribution is 0.102. The number of carbonyl (C=O) groups is 1. The van der Waals surface area contributed by atoms with E-state index in [1.165, 1.54) is 0 Å². The molecule has 1 saturated heterocycles. The van der Waals surface area contributed by atoms with Crippen molar-refractivity contribution in [2.24, 2.45) is 0 Å². The van der Waals surface area contributed by atoms with Crippen molar-refractivity contribution < 1.29 is 14.3 Å². The molecule has 0 saturated carbocycles. The van der Waals surface area contributed by atoms with Crippen molar-refractivity contribution in [3.05, 3.63) is 35.9 Å². The molecule has 0 spiro atoms. The van der Waals surface area contributed by atoms with Crippen molar-refractivity contribution >= 4 is 17.5 Å². The van der Waals surface area contributed by atoms with E-state index in [2.05, 4.69) is 32.4 Å². The molecule has 0 aliphatic carbocycles. The van der Waals surface area contributed by atoms with Crippen molar-refractivity contribution in [1.82, 2.24) is 15.1 Å². The summed E-state index contributed by atoms with van der Waals surface area (Å²) in [4.78, 5) is 16.8. The van der Waals surface area contributed by atoms with Gasteiger partial charge in [0.1, 0.15) is 0 Å². The molecule has 8 nitrogen and oxygen atoms in total. The third-order valence-corrected chi connectivity index (χ3v) is 4.35. The average molecular weight is 341 g/mol. The van der Waals surface area contributed by atoms with Gasteiger partial charge in [-0.15, -0.1) is 10.2 Å². The average Bonchev–Trinajstić information content (AvgIpc) is 3.11. The van der Waals surface area contributed by atoms with Crippen molar-refractivity contribution in [3.63, 3.8) is 0 Å². The van der Waals surface area contributed by atoms with E-state index in [9.17, 15) is 4.79 Å². The molecule has 1 amide bonds. The summed E-state index contributed by atoms with van der Waals surface area (Å²) in [6.07, 6.45) is 0. The van der Waals surface area contributed by atoms with E-state index in [0.717, 1.165) is 32.0 Å². The van der Waals surface area contributed by atoms with E-state index >= 15 is 0 Å². The fraction of sp³-hybridized carbons (Fsp3) is 0.353. The summed E-state index contributed by atoms with van der Waals surface area (Å²) in [5, 5.41) is 11.1. The van der Waals surface area contributed by atoms with Gasteiger partial charge in [-0.25, -0.2) is 0 Å². The number of nitrogens with one attached hydrogen (secondary N) is 1. The summed E-state index contributed by atoms with van der Waals surface area (Å²) in [5.41, 5.74) is 0.481. The van der Waals surface area contributed by atoms with Gasteiger partial charge in [0.15, 0.2) is 23.1 Å². The Morgan fingerprint density at radius 3 is 2.60 bits per heavy atom. The third-order valence-electron chi connectivity index (χ3n) is 4.35. The number of fused-ring (bicyclic) bond motifs is 1. The Balaban J connectivity index is 1.41. The highest BCUT2D eigenvalue weighted by atomic mass is 16.7. The Hall–Kier alpha value is -2.87. The molecule has 2 aliphatic rings. The smallest absolute Gasteiger partial charge is 0.257 e. The Morgan fingerprint density at radius 1 is 1.04 bits per heavy atom. The standard InChI is InChI=1S/C17H19N5O3/c1-21-6-8-22(9-7-21)16-5-4-15(19-20-16)18-17(23)12-2-3-13-14(10-12)25-11-24-13/h2-5,10H,6-9,11H2,1H3,(H,18,19,23). The van der Waals surface area contributed by atoms with Gasteiger partial charge < -0.3 is 24.6 Å². The Labute approximate surface area is 145 Å². The molecule has 0 bridgehead atoms. The molecule has 0 unspecified atom stereocenters. The number of benzene rings is 1. The monoisotopic (exact) mass is 341 g/mol. The molecule has 130 valence electrons. The number of anilines is 2. The highest BCUT2D eigenvalue weighted by Crippen LogP contribution is 2.32. The van der Waals surface area contributed by atoms with Crippen molar-refractivity contribution in [3.8, 4) is 11.5 Å². The van der Waals surface area contributed by atoms with E-state index in [0.29, 0.717) is 22.9 Å². The largest absolute Gasteiger partial charge is 0.454 e. The molecule has 2 aromatic rings. The maximum atomic E-state index is 12.3. The number of likely N-dealkylation sites (N-methyl/N-ethyl adjacent to an activating group) is 1. The second-order valence-electron chi connectivity index (χ2n) is 6.09. The molecule has 2 aliphatic heterocycles. The van der Waals surface area contributed by atoms with E-state index in [1.807, 2.05) is 6.07 Å². The first-order chi connectivity index (χ1) is 12.2. The van der Waals surface area contributed by atoms with Crippen LogP contribution in [-0.2, 0) is 0 Å². The van der Waals surface area contributed by atoms with E-state index in [-0.39, 0.29) is 12.7 Å². The zero-order chi connectivity index (χ0) is 17.2. The zero-order valence-corrected chi connectivity index (χ0v) is 13.9. The minimum Gasteiger partial charge on any atom is -0.454 e. The summed E-state index contributed by atoms with van der Waals surface area (Å²) < 4.78 is 10.5. The van der Waals surface area contributed by atoms with Crippen LogP contribution in [0.5, 0.6) is 11.5 Å². The van der Waals surface area contributed by atoms with Gasteiger partial charge in [0, 0.05) is 31.7 Å². The first-order valence-electron chi connectivity index (χ1n) is 8.17. The lowest BCUT2D eigenvalue weighted by atomic mass is 10.2. The minimum atomic E-state index is -0.264. The number of piperazine rings is 1.